The van der Waals surface area contributed by atoms with E-state index in [1.54, 1.807) is 0 Å². The SMILES string of the molecule is CCCCCCCCCCCCCCCC[CH]CCCCCCCCCCCCCCCCCCC. The highest BCUT2D eigenvalue weighted by Gasteiger charge is 1.97. The molecule has 217 valence electrons. The first-order chi connectivity index (χ1) is 17.9. The van der Waals surface area contributed by atoms with Gasteiger partial charge in [-0.25, -0.2) is 0 Å². The highest BCUT2D eigenvalue weighted by molar-refractivity contribution is 4.64. The summed E-state index contributed by atoms with van der Waals surface area (Å²) in [6.07, 6.45) is 50.9. The van der Waals surface area contributed by atoms with Gasteiger partial charge in [0, 0.05) is 0 Å². The second kappa shape index (κ2) is 35.0. The minimum Gasteiger partial charge on any atom is -0.0654 e. The fourth-order valence-corrected chi connectivity index (χ4v) is 5.64. The van der Waals surface area contributed by atoms with Crippen molar-refractivity contribution in [2.24, 2.45) is 0 Å². The first-order valence-electron chi connectivity index (χ1n) is 17.7. The molecule has 0 spiro atoms. The molecule has 0 aliphatic rings. The zero-order chi connectivity index (χ0) is 26.0. The van der Waals surface area contributed by atoms with E-state index in [4.69, 9.17) is 0 Å². The van der Waals surface area contributed by atoms with Crippen molar-refractivity contribution in [3.05, 3.63) is 6.42 Å². The molecule has 0 nitrogen and oxygen atoms in total. The van der Waals surface area contributed by atoms with Crippen LogP contribution in [0.1, 0.15) is 226 Å². The minimum atomic E-state index is 1.37. The van der Waals surface area contributed by atoms with Crippen molar-refractivity contribution in [3.63, 3.8) is 0 Å². The van der Waals surface area contributed by atoms with Gasteiger partial charge < -0.3 is 0 Å². The molecule has 0 saturated carbocycles. The second-order valence-electron chi connectivity index (χ2n) is 12.1. The first-order valence-corrected chi connectivity index (χ1v) is 17.7. The quantitative estimate of drug-likeness (QED) is 0.0778. The highest BCUT2D eigenvalue weighted by Crippen LogP contribution is 2.16. The standard InChI is InChI=1S/C36H73/c1-3-5-7-9-11-13-15-17-19-21-23-25-27-29-31-33-35-36-34-32-30-28-26-24-22-20-18-16-14-12-10-8-6-4-2/h33H,3-32,34-36H2,1-2H3. The predicted molar refractivity (Wildman–Crippen MR) is 168 cm³/mol. The van der Waals surface area contributed by atoms with Crippen LogP contribution in [-0.4, -0.2) is 0 Å². The summed E-state index contributed by atoms with van der Waals surface area (Å²) in [6.45, 7) is 4.61. The molecule has 0 bridgehead atoms. The van der Waals surface area contributed by atoms with Gasteiger partial charge in [0.05, 0.1) is 0 Å². The molecular formula is C36H73. The van der Waals surface area contributed by atoms with Crippen LogP contribution in [-0.2, 0) is 0 Å². The molecule has 36 heavy (non-hydrogen) atoms. The van der Waals surface area contributed by atoms with Crippen LogP contribution in [0.3, 0.4) is 0 Å². The summed E-state index contributed by atoms with van der Waals surface area (Å²) >= 11 is 0. The molecule has 0 heterocycles. The van der Waals surface area contributed by atoms with E-state index in [1.165, 1.54) is 212 Å². The molecule has 0 aromatic rings. The molecule has 0 aromatic heterocycles. The third-order valence-electron chi connectivity index (χ3n) is 8.27. The van der Waals surface area contributed by atoms with Gasteiger partial charge in [-0.3, -0.25) is 0 Å². The molecule has 0 heteroatoms. The van der Waals surface area contributed by atoms with Crippen LogP contribution in [0.5, 0.6) is 0 Å². The van der Waals surface area contributed by atoms with E-state index in [0.29, 0.717) is 0 Å². The van der Waals surface area contributed by atoms with Crippen molar-refractivity contribution in [2.75, 3.05) is 0 Å². The van der Waals surface area contributed by atoms with E-state index in [1.807, 2.05) is 0 Å². The number of rotatable bonds is 33. The molecule has 0 aliphatic carbocycles. The molecule has 0 saturated heterocycles. The topological polar surface area (TPSA) is 0 Å². The van der Waals surface area contributed by atoms with Crippen LogP contribution < -0.4 is 0 Å². The zero-order valence-electron chi connectivity index (χ0n) is 25.9. The molecule has 1 radical (unpaired) electrons. The Bertz CT molecular complexity index is 312. The average Bonchev–Trinajstić information content (AvgIpc) is 2.89. The Hall–Kier alpha value is 0. The lowest BCUT2D eigenvalue weighted by atomic mass is 10.0. The Balaban J connectivity index is 3.00. The van der Waals surface area contributed by atoms with Crippen LogP contribution in [0.2, 0.25) is 0 Å². The van der Waals surface area contributed by atoms with Gasteiger partial charge in [0.2, 0.25) is 0 Å². The van der Waals surface area contributed by atoms with Gasteiger partial charge in [-0.1, -0.05) is 226 Å². The lowest BCUT2D eigenvalue weighted by Crippen LogP contribution is -1.85. The van der Waals surface area contributed by atoms with Gasteiger partial charge in [0.25, 0.3) is 0 Å². The van der Waals surface area contributed by atoms with Crippen molar-refractivity contribution in [1.29, 1.82) is 0 Å². The third-order valence-corrected chi connectivity index (χ3v) is 8.27. The third kappa shape index (κ3) is 34.0. The second-order valence-corrected chi connectivity index (χ2v) is 12.1. The fourth-order valence-electron chi connectivity index (χ4n) is 5.64. The molecular weight excluding hydrogens is 432 g/mol. The molecule has 0 fully saturated rings. The van der Waals surface area contributed by atoms with Crippen LogP contribution >= 0.6 is 0 Å². The molecule has 0 aliphatic heterocycles. The van der Waals surface area contributed by atoms with Crippen LogP contribution in [0.15, 0.2) is 0 Å². The van der Waals surface area contributed by atoms with Crippen molar-refractivity contribution < 1.29 is 0 Å². The molecule has 0 N–H and O–H groups in total. The first kappa shape index (κ1) is 36.0. The highest BCUT2D eigenvalue weighted by atomic mass is 14.0. The van der Waals surface area contributed by atoms with E-state index < -0.39 is 0 Å². The summed E-state index contributed by atoms with van der Waals surface area (Å²) in [5, 5.41) is 0. The fraction of sp³-hybridized carbons (Fsp3) is 0.972. The maximum atomic E-state index is 2.59. The Morgan fingerprint density at radius 2 is 0.389 bits per heavy atom. The van der Waals surface area contributed by atoms with E-state index in [9.17, 15) is 0 Å². The smallest absolute Gasteiger partial charge is 0.0386 e. The lowest BCUT2D eigenvalue weighted by molar-refractivity contribution is 0.525. The molecule has 0 atom stereocenters. The van der Waals surface area contributed by atoms with Crippen molar-refractivity contribution >= 4 is 0 Å². The van der Waals surface area contributed by atoms with Crippen molar-refractivity contribution in [1.82, 2.24) is 0 Å². The van der Waals surface area contributed by atoms with Gasteiger partial charge in [0.1, 0.15) is 0 Å². The van der Waals surface area contributed by atoms with Crippen LogP contribution in [0, 0.1) is 6.42 Å². The Kier molecular flexibility index (Phi) is 35.0. The summed E-state index contributed by atoms with van der Waals surface area (Å²) in [6, 6.07) is 0. The molecule has 0 aromatic carbocycles. The lowest BCUT2D eigenvalue weighted by Gasteiger charge is -2.04. The Labute approximate surface area is 232 Å². The van der Waals surface area contributed by atoms with Gasteiger partial charge in [-0.15, -0.1) is 0 Å². The van der Waals surface area contributed by atoms with Crippen LogP contribution in [0.25, 0.3) is 0 Å². The summed E-state index contributed by atoms with van der Waals surface area (Å²) in [5.41, 5.74) is 0. The van der Waals surface area contributed by atoms with E-state index >= 15 is 0 Å². The summed E-state index contributed by atoms with van der Waals surface area (Å²) in [5.74, 6) is 0. The Morgan fingerprint density at radius 1 is 0.222 bits per heavy atom. The maximum absolute atomic E-state index is 2.59. The maximum Gasteiger partial charge on any atom is -0.0386 e. The number of hydrogen-bond donors (Lipinski definition) is 0. The average molecular weight is 506 g/mol. The normalized spacial score (nSPS) is 11.5. The van der Waals surface area contributed by atoms with Crippen LogP contribution in [0.4, 0.5) is 0 Å². The van der Waals surface area contributed by atoms with Crippen molar-refractivity contribution in [2.45, 2.75) is 226 Å². The number of hydrogen-bond acceptors (Lipinski definition) is 0. The predicted octanol–water partition coefficient (Wildman–Crippen LogP) is 14.1. The number of unbranched alkanes of at least 4 members (excludes halogenated alkanes) is 33. The summed E-state index contributed by atoms with van der Waals surface area (Å²) in [7, 11) is 0. The largest absolute Gasteiger partial charge is 0.0654 e. The van der Waals surface area contributed by atoms with Gasteiger partial charge in [0.15, 0.2) is 0 Å². The van der Waals surface area contributed by atoms with E-state index in [-0.39, 0.29) is 0 Å². The minimum absolute atomic E-state index is 1.37. The summed E-state index contributed by atoms with van der Waals surface area (Å²) in [4.78, 5) is 0. The molecule has 0 unspecified atom stereocenters. The monoisotopic (exact) mass is 506 g/mol. The van der Waals surface area contributed by atoms with Gasteiger partial charge in [-0.05, 0) is 6.42 Å². The Morgan fingerprint density at radius 3 is 0.583 bits per heavy atom. The summed E-state index contributed by atoms with van der Waals surface area (Å²) < 4.78 is 0. The van der Waals surface area contributed by atoms with E-state index in [0.717, 1.165) is 0 Å². The van der Waals surface area contributed by atoms with E-state index in [2.05, 4.69) is 20.3 Å². The molecule has 0 rings (SSSR count). The van der Waals surface area contributed by atoms with Crippen molar-refractivity contribution in [3.8, 4) is 0 Å². The van der Waals surface area contributed by atoms with Gasteiger partial charge in [-0.2, -0.15) is 0 Å². The zero-order valence-corrected chi connectivity index (χ0v) is 25.9. The van der Waals surface area contributed by atoms with Gasteiger partial charge >= 0.3 is 0 Å². The molecule has 0 amide bonds.